The third kappa shape index (κ3) is 7.79. The van der Waals surface area contributed by atoms with Gasteiger partial charge in [-0.1, -0.05) is 28.1 Å². The summed E-state index contributed by atoms with van der Waals surface area (Å²) in [6, 6.07) is 17.1. The summed E-state index contributed by atoms with van der Waals surface area (Å²) in [7, 11) is -4.19. The average Bonchev–Trinajstić information content (AvgIpc) is 2.92. The number of halogens is 2. The monoisotopic (exact) mass is 619 g/mol. The fraction of sp³-hybridized carbons (Fsp3) is 0.286. The molecular weight excluding hydrogens is 589 g/mol. The molecule has 0 saturated carbocycles. The molecule has 0 aromatic heterocycles. The summed E-state index contributed by atoms with van der Waals surface area (Å²) in [5, 5.41) is 2.70. The number of hydrogen-bond acceptors (Lipinski definition) is 5. The second-order valence-corrected chi connectivity index (χ2v) is 11.4. The van der Waals surface area contributed by atoms with Gasteiger partial charge in [0.05, 0.1) is 17.2 Å². The highest BCUT2D eigenvalue weighted by Crippen LogP contribution is 2.27. The van der Waals surface area contributed by atoms with Crippen molar-refractivity contribution in [3.8, 4) is 5.75 Å². The van der Waals surface area contributed by atoms with E-state index >= 15 is 0 Å². The van der Waals surface area contributed by atoms with Crippen LogP contribution in [0.4, 0.5) is 10.1 Å². The maximum absolute atomic E-state index is 13.8. The third-order valence-corrected chi connectivity index (χ3v) is 8.22. The molecule has 3 aromatic rings. The third-order valence-electron chi connectivity index (χ3n) is 5.90. The number of hydrogen-bond donors (Lipinski definition) is 1. The van der Waals surface area contributed by atoms with Gasteiger partial charge in [0.15, 0.2) is 0 Å². The predicted molar refractivity (Wildman–Crippen MR) is 151 cm³/mol. The first-order valence-electron chi connectivity index (χ1n) is 12.4. The molecule has 2 amide bonds. The SMILES string of the molecule is CCNC(=O)[C@@H](C)N(Cc1ccc(F)cc1)C(=O)CN(c1ccc(OCC)cc1)S(=O)(=O)c1ccc(Br)cc1. The summed E-state index contributed by atoms with van der Waals surface area (Å²) in [4.78, 5) is 27.8. The van der Waals surface area contributed by atoms with Crippen LogP contribution in [-0.2, 0) is 26.2 Å². The van der Waals surface area contributed by atoms with Crippen molar-refractivity contribution in [2.24, 2.45) is 0 Å². The van der Waals surface area contributed by atoms with E-state index in [0.29, 0.717) is 28.9 Å². The summed E-state index contributed by atoms with van der Waals surface area (Å²) < 4.78 is 48.3. The number of benzene rings is 3. The number of ether oxygens (including phenoxy) is 1. The van der Waals surface area contributed by atoms with Crippen LogP contribution in [0.3, 0.4) is 0 Å². The minimum Gasteiger partial charge on any atom is -0.494 e. The predicted octanol–water partition coefficient (Wildman–Crippen LogP) is 4.74. The first-order chi connectivity index (χ1) is 18.6. The molecule has 0 heterocycles. The van der Waals surface area contributed by atoms with Crippen LogP contribution in [0.25, 0.3) is 0 Å². The number of anilines is 1. The Morgan fingerprint density at radius 1 is 0.974 bits per heavy atom. The lowest BCUT2D eigenvalue weighted by molar-refractivity contribution is -0.139. The van der Waals surface area contributed by atoms with Crippen molar-refractivity contribution in [2.45, 2.75) is 38.3 Å². The maximum atomic E-state index is 13.8. The van der Waals surface area contributed by atoms with Crippen molar-refractivity contribution in [2.75, 3.05) is 24.0 Å². The van der Waals surface area contributed by atoms with E-state index in [-0.39, 0.29) is 17.1 Å². The number of nitrogens with zero attached hydrogens (tertiary/aromatic N) is 2. The molecule has 1 N–H and O–H groups in total. The normalized spacial score (nSPS) is 11.9. The van der Waals surface area contributed by atoms with Gasteiger partial charge in [0, 0.05) is 17.6 Å². The number of carbonyl (C=O) groups excluding carboxylic acids is 2. The van der Waals surface area contributed by atoms with Crippen molar-refractivity contribution in [3.63, 3.8) is 0 Å². The van der Waals surface area contributed by atoms with Crippen LogP contribution in [0, 0.1) is 5.82 Å². The van der Waals surface area contributed by atoms with Gasteiger partial charge in [-0.25, -0.2) is 12.8 Å². The van der Waals surface area contributed by atoms with Crippen molar-refractivity contribution in [1.29, 1.82) is 0 Å². The van der Waals surface area contributed by atoms with Crippen LogP contribution >= 0.6 is 15.9 Å². The smallest absolute Gasteiger partial charge is 0.264 e. The molecule has 208 valence electrons. The minimum atomic E-state index is -4.19. The highest BCUT2D eigenvalue weighted by molar-refractivity contribution is 9.10. The summed E-state index contributed by atoms with van der Waals surface area (Å²) in [5.74, 6) is -0.879. The molecule has 0 unspecified atom stereocenters. The number of likely N-dealkylation sites (N-methyl/N-ethyl adjacent to an activating group) is 1. The van der Waals surface area contributed by atoms with Crippen LogP contribution in [0.2, 0.25) is 0 Å². The van der Waals surface area contributed by atoms with E-state index in [0.717, 1.165) is 4.31 Å². The van der Waals surface area contributed by atoms with E-state index in [1.54, 1.807) is 50.2 Å². The molecule has 0 spiro atoms. The Morgan fingerprint density at radius 2 is 1.59 bits per heavy atom. The molecule has 0 bridgehead atoms. The molecule has 39 heavy (non-hydrogen) atoms. The molecule has 0 aliphatic carbocycles. The van der Waals surface area contributed by atoms with Crippen molar-refractivity contribution < 1.29 is 27.1 Å². The zero-order valence-corrected chi connectivity index (χ0v) is 24.3. The zero-order valence-electron chi connectivity index (χ0n) is 21.9. The number of amides is 2. The highest BCUT2D eigenvalue weighted by atomic mass is 79.9. The topological polar surface area (TPSA) is 96.0 Å². The molecule has 0 aliphatic heterocycles. The highest BCUT2D eigenvalue weighted by Gasteiger charge is 2.32. The molecule has 1 atom stereocenters. The van der Waals surface area contributed by atoms with Crippen molar-refractivity contribution >= 4 is 43.5 Å². The summed E-state index contributed by atoms with van der Waals surface area (Å²) >= 11 is 3.31. The van der Waals surface area contributed by atoms with Gasteiger partial charge in [0.2, 0.25) is 11.8 Å². The number of carbonyl (C=O) groups is 2. The summed E-state index contributed by atoms with van der Waals surface area (Å²) in [6.07, 6.45) is 0. The Morgan fingerprint density at radius 3 is 2.15 bits per heavy atom. The maximum Gasteiger partial charge on any atom is 0.264 e. The van der Waals surface area contributed by atoms with E-state index in [1.165, 1.54) is 41.3 Å². The van der Waals surface area contributed by atoms with Gasteiger partial charge in [-0.2, -0.15) is 0 Å². The Bertz CT molecular complexity index is 1370. The first-order valence-corrected chi connectivity index (χ1v) is 14.6. The van der Waals surface area contributed by atoms with Crippen molar-refractivity contribution in [1.82, 2.24) is 10.2 Å². The van der Waals surface area contributed by atoms with Gasteiger partial charge in [0.25, 0.3) is 10.0 Å². The van der Waals surface area contributed by atoms with Gasteiger partial charge >= 0.3 is 0 Å². The molecule has 8 nitrogen and oxygen atoms in total. The first kappa shape index (κ1) is 30.1. The second kappa shape index (κ2) is 13.6. The number of nitrogens with one attached hydrogen (secondary N) is 1. The molecule has 11 heteroatoms. The van der Waals surface area contributed by atoms with E-state index in [4.69, 9.17) is 4.74 Å². The summed E-state index contributed by atoms with van der Waals surface area (Å²) in [5.41, 5.74) is 0.839. The van der Waals surface area contributed by atoms with E-state index < -0.39 is 40.2 Å². The van der Waals surface area contributed by atoms with E-state index in [2.05, 4.69) is 21.2 Å². The number of rotatable bonds is 12. The quantitative estimate of drug-likeness (QED) is 0.316. The van der Waals surface area contributed by atoms with Crippen LogP contribution in [-0.4, -0.2) is 50.9 Å². The van der Waals surface area contributed by atoms with Gasteiger partial charge < -0.3 is 15.0 Å². The van der Waals surface area contributed by atoms with Gasteiger partial charge in [-0.3, -0.25) is 13.9 Å². The fourth-order valence-corrected chi connectivity index (χ4v) is 5.51. The second-order valence-electron chi connectivity index (χ2n) is 8.61. The van der Waals surface area contributed by atoms with Crippen LogP contribution < -0.4 is 14.4 Å². The largest absolute Gasteiger partial charge is 0.494 e. The van der Waals surface area contributed by atoms with Gasteiger partial charge in [-0.15, -0.1) is 0 Å². The van der Waals surface area contributed by atoms with E-state index in [1.807, 2.05) is 6.92 Å². The van der Waals surface area contributed by atoms with E-state index in [9.17, 15) is 22.4 Å². The number of sulfonamides is 1. The lowest BCUT2D eigenvalue weighted by Crippen LogP contribution is -2.51. The molecule has 0 fully saturated rings. The average molecular weight is 621 g/mol. The molecule has 3 aromatic carbocycles. The van der Waals surface area contributed by atoms with Crippen molar-refractivity contribution in [3.05, 3.63) is 88.6 Å². The van der Waals surface area contributed by atoms with Gasteiger partial charge in [0.1, 0.15) is 24.2 Å². The molecule has 3 rings (SSSR count). The van der Waals surface area contributed by atoms with Crippen LogP contribution in [0.1, 0.15) is 26.3 Å². The lowest BCUT2D eigenvalue weighted by Gasteiger charge is -2.32. The Labute approximate surface area is 236 Å². The standard InChI is InChI=1S/C28H31BrFN3O5S/c1-4-31-28(35)20(3)32(18-21-6-10-23(30)11-7-21)27(34)19-33(24-12-14-25(15-13-24)38-5-2)39(36,37)26-16-8-22(29)9-17-26/h6-17,20H,4-5,18-19H2,1-3H3,(H,31,35)/t20-/m1/s1. The Kier molecular flexibility index (Phi) is 10.5. The fourth-order valence-electron chi connectivity index (χ4n) is 3.83. The van der Waals surface area contributed by atoms with Gasteiger partial charge in [-0.05, 0) is 87.0 Å². The molecule has 0 radical (unpaired) electrons. The Balaban J connectivity index is 2.02. The molecule has 0 saturated heterocycles. The van der Waals surface area contributed by atoms with Crippen LogP contribution in [0.15, 0.2) is 82.2 Å². The minimum absolute atomic E-state index is 0.00533. The lowest BCUT2D eigenvalue weighted by atomic mass is 10.1. The Hall–Kier alpha value is -3.44. The molecule has 0 aliphatic rings. The van der Waals surface area contributed by atoms with Crippen LogP contribution in [0.5, 0.6) is 5.75 Å². The summed E-state index contributed by atoms with van der Waals surface area (Å²) in [6.45, 7) is 5.37. The zero-order chi connectivity index (χ0) is 28.6. The molecular formula is C28H31BrFN3O5S.